The van der Waals surface area contributed by atoms with Gasteiger partial charge in [-0.3, -0.25) is 0 Å². The topological polar surface area (TPSA) is 12.0 Å². The fourth-order valence-corrected chi connectivity index (χ4v) is 2.80. The van der Waals surface area contributed by atoms with Crippen LogP contribution in [0, 0.1) is 18.6 Å². The molecule has 5 heteroatoms. The van der Waals surface area contributed by atoms with Gasteiger partial charge in [-0.15, -0.1) is 0 Å². The van der Waals surface area contributed by atoms with Crippen LogP contribution < -0.4 is 5.32 Å². The average molecular weight is 375 g/mol. The lowest BCUT2D eigenvalue weighted by Gasteiger charge is -2.22. The Morgan fingerprint density at radius 1 is 1.19 bits per heavy atom. The zero-order chi connectivity index (χ0) is 15.6. The van der Waals surface area contributed by atoms with Gasteiger partial charge in [0.2, 0.25) is 0 Å². The van der Waals surface area contributed by atoms with Gasteiger partial charge in [-0.05, 0) is 58.7 Å². The van der Waals surface area contributed by atoms with Gasteiger partial charge in [0, 0.05) is 10.0 Å². The Morgan fingerprint density at radius 3 is 2.48 bits per heavy atom. The van der Waals surface area contributed by atoms with Crippen molar-refractivity contribution in [1.82, 2.24) is 5.32 Å². The van der Waals surface area contributed by atoms with E-state index in [0.29, 0.717) is 16.6 Å². The maximum Gasteiger partial charge on any atom is 0.148 e. The predicted octanol–water partition coefficient (Wildman–Crippen LogP) is 5.39. The molecule has 21 heavy (non-hydrogen) atoms. The van der Waals surface area contributed by atoms with Crippen LogP contribution in [-0.2, 0) is 0 Å². The molecule has 0 saturated heterocycles. The van der Waals surface area contributed by atoms with E-state index in [2.05, 4.69) is 21.2 Å². The molecule has 0 aliphatic carbocycles. The molecule has 0 spiro atoms. The number of nitrogens with one attached hydrogen (secondary N) is 1. The van der Waals surface area contributed by atoms with Crippen LogP contribution in [0.3, 0.4) is 0 Å². The molecular weight excluding hydrogens is 360 g/mol. The quantitative estimate of drug-likeness (QED) is 0.708. The fourth-order valence-electron chi connectivity index (χ4n) is 2.32. The lowest BCUT2D eigenvalue weighted by molar-refractivity contribution is 0.556. The predicted molar refractivity (Wildman–Crippen MR) is 85.8 cm³/mol. The first-order valence-electron chi connectivity index (χ1n) is 6.58. The van der Waals surface area contributed by atoms with Crippen LogP contribution in [0.2, 0.25) is 5.02 Å². The van der Waals surface area contributed by atoms with E-state index in [1.807, 2.05) is 6.92 Å². The number of hydrogen-bond acceptors (Lipinski definition) is 1. The second-order valence-electron chi connectivity index (χ2n) is 4.76. The molecule has 2 aromatic rings. The monoisotopic (exact) mass is 373 g/mol. The van der Waals surface area contributed by atoms with Gasteiger partial charge in [-0.2, -0.15) is 0 Å². The summed E-state index contributed by atoms with van der Waals surface area (Å²) in [7, 11) is 0. The Kier molecular flexibility index (Phi) is 5.36. The van der Waals surface area contributed by atoms with Crippen LogP contribution in [0.4, 0.5) is 8.78 Å². The van der Waals surface area contributed by atoms with Gasteiger partial charge in [0.25, 0.3) is 0 Å². The normalized spacial score (nSPS) is 12.5. The molecule has 0 aromatic heterocycles. The number of aryl methyl sites for hydroxylation is 1. The van der Waals surface area contributed by atoms with Crippen molar-refractivity contribution >= 4 is 27.5 Å². The first kappa shape index (κ1) is 16.4. The Labute approximate surface area is 136 Å². The van der Waals surface area contributed by atoms with Crippen molar-refractivity contribution in [2.45, 2.75) is 19.9 Å². The minimum Gasteiger partial charge on any atom is -0.306 e. The molecule has 112 valence electrons. The van der Waals surface area contributed by atoms with Gasteiger partial charge in [0.05, 0.1) is 11.1 Å². The summed E-state index contributed by atoms with van der Waals surface area (Å²) in [4.78, 5) is 0. The third kappa shape index (κ3) is 3.44. The number of rotatable bonds is 4. The molecular formula is C16H15BrClF2N. The van der Waals surface area contributed by atoms with Crippen LogP contribution in [0.15, 0.2) is 34.8 Å². The molecule has 0 radical (unpaired) electrons. The molecule has 0 bridgehead atoms. The molecule has 1 atom stereocenters. The lowest BCUT2D eigenvalue weighted by Crippen LogP contribution is -2.24. The van der Waals surface area contributed by atoms with Gasteiger partial charge in [-0.25, -0.2) is 8.78 Å². The highest BCUT2D eigenvalue weighted by Gasteiger charge is 2.21. The summed E-state index contributed by atoms with van der Waals surface area (Å²) < 4.78 is 28.2. The third-order valence-electron chi connectivity index (χ3n) is 3.33. The van der Waals surface area contributed by atoms with Gasteiger partial charge >= 0.3 is 0 Å². The lowest BCUT2D eigenvalue weighted by atomic mass is 9.94. The Morgan fingerprint density at radius 2 is 1.86 bits per heavy atom. The van der Waals surface area contributed by atoms with Gasteiger partial charge in [-0.1, -0.05) is 30.7 Å². The molecule has 0 saturated carbocycles. The van der Waals surface area contributed by atoms with Crippen molar-refractivity contribution in [1.29, 1.82) is 0 Å². The minimum absolute atomic E-state index is 0.0511. The second-order valence-corrected chi connectivity index (χ2v) is 5.99. The maximum absolute atomic E-state index is 14.5. The molecule has 0 amide bonds. The van der Waals surface area contributed by atoms with Crippen molar-refractivity contribution in [2.75, 3.05) is 6.54 Å². The Bertz CT molecular complexity index is 661. The second kappa shape index (κ2) is 6.86. The van der Waals surface area contributed by atoms with Crippen LogP contribution in [0.1, 0.15) is 29.7 Å². The molecule has 1 N–H and O–H groups in total. The van der Waals surface area contributed by atoms with E-state index < -0.39 is 5.82 Å². The molecule has 0 aliphatic rings. The molecule has 0 aliphatic heterocycles. The zero-order valence-electron chi connectivity index (χ0n) is 11.7. The highest BCUT2D eigenvalue weighted by molar-refractivity contribution is 9.10. The van der Waals surface area contributed by atoms with Gasteiger partial charge in [0.1, 0.15) is 11.6 Å². The number of halogens is 4. The smallest absolute Gasteiger partial charge is 0.148 e. The van der Waals surface area contributed by atoms with E-state index >= 15 is 0 Å². The number of hydrogen-bond donors (Lipinski definition) is 1. The molecule has 2 aromatic carbocycles. The van der Waals surface area contributed by atoms with E-state index in [9.17, 15) is 8.78 Å². The summed E-state index contributed by atoms with van der Waals surface area (Å²) in [6, 6.07) is 7.52. The van der Waals surface area contributed by atoms with Crippen molar-refractivity contribution in [3.63, 3.8) is 0 Å². The van der Waals surface area contributed by atoms with Crippen LogP contribution in [0.25, 0.3) is 0 Å². The highest BCUT2D eigenvalue weighted by Crippen LogP contribution is 2.34. The summed E-state index contributed by atoms with van der Waals surface area (Å²) in [5, 5.41) is 3.28. The molecule has 2 rings (SSSR count). The summed E-state index contributed by atoms with van der Waals surface area (Å²) >= 11 is 9.18. The Balaban J connectivity index is 2.56. The van der Waals surface area contributed by atoms with Crippen LogP contribution in [0.5, 0.6) is 0 Å². The van der Waals surface area contributed by atoms with E-state index in [4.69, 9.17) is 11.6 Å². The van der Waals surface area contributed by atoms with Crippen LogP contribution >= 0.6 is 27.5 Å². The first-order valence-corrected chi connectivity index (χ1v) is 7.75. The van der Waals surface area contributed by atoms with Crippen molar-refractivity contribution in [2.24, 2.45) is 0 Å². The first-order chi connectivity index (χ1) is 9.95. The van der Waals surface area contributed by atoms with Gasteiger partial charge < -0.3 is 5.32 Å². The van der Waals surface area contributed by atoms with Crippen molar-refractivity contribution < 1.29 is 8.78 Å². The molecule has 1 nitrogen and oxygen atoms in total. The number of benzene rings is 2. The average Bonchev–Trinajstić information content (AvgIpc) is 2.44. The molecule has 0 fully saturated rings. The summed E-state index contributed by atoms with van der Waals surface area (Å²) in [6.45, 7) is 4.39. The SMILES string of the molecule is CCNC(c1ccc(F)cc1C)c1ccc(Br)c(Cl)c1F. The summed E-state index contributed by atoms with van der Waals surface area (Å²) in [6.07, 6.45) is 0. The largest absolute Gasteiger partial charge is 0.306 e. The van der Waals surface area contributed by atoms with E-state index in [1.165, 1.54) is 12.1 Å². The van der Waals surface area contributed by atoms with Gasteiger partial charge in [0.15, 0.2) is 0 Å². The van der Waals surface area contributed by atoms with Crippen LogP contribution in [-0.4, -0.2) is 6.54 Å². The van der Waals surface area contributed by atoms with Crippen molar-refractivity contribution in [3.8, 4) is 0 Å². The van der Waals surface area contributed by atoms with E-state index in [0.717, 1.165) is 11.1 Å². The zero-order valence-corrected chi connectivity index (χ0v) is 14.0. The van der Waals surface area contributed by atoms with Crippen molar-refractivity contribution in [3.05, 3.63) is 68.2 Å². The minimum atomic E-state index is -0.472. The van der Waals surface area contributed by atoms with E-state index in [-0.39, 0.29) is 16.9 Å². The summed E-state index contributed by atoms with van der Waals surface area (Å²) in [5.41, 5.74) is 2.04. The summed E-state index contributed by atoms with van der Waals surface area (Å²) in [5.74, 6) is -0.776. The standard InChI is InChI=1S/C16H15BrClF2N/c1-3-21-16(11-5-4-10(19)8-9(11)2)12-6-7-13(17)14(18)15(12)20/h4-8,16,21H,3H2,1-2H3. The fraction of sp³-hybridized carbons (Fsp3) is 0.250. The van der Waals surface area contributed by atoms with E-state index in [1.54, 1.807) is 25.1 Å². The third-order valence-corrected chi connectivity index (χ3v) is 4.59. The highest BCUT2D eigenvalue weighted by atomic mass is 79.9. The maximum atomic E-state index is 14.5. The molecule has 1 unspecified atom stereocenters. The Hall–Kier alpha value is -0.970. The molecule has 0 heterocycles.